The Morgan fingerprint density at radius 2 is 1.96 bits per heavy atom. The highest BCUT2D eigenvalue weighted by Gasteiger charge is 2.21. The monoisotopic (exact) mass is 367 g/mol. The van der Waals surface area contributed by atoms with E-state index in [1.807, 2.05) is 6.92 Å². The van der Waals surface area contributed by atoms with Gasteiger partial charge in [-0.2, -0.15) is 0 Å². The first-order chi connectivity index (χ1) is 11.9. The lowest BCUT2D eigenvalue weighted by atomic mass is 10.0. The number of carbonyl (C=O) groups is 1. The van der Waals surface area contributed by atoms with Gasteiger partial charge < -0.3 is 10.2 Å². The van der Waals surface area contributed by atoms with Crippen molar-refractivity contribution in [2.24, 2.45) is 0 Å². The highest BCUT2D eigenvalue weighted by atomic mass is 32.2. The molecule has 0 unspecified atom stereocenters. The van der Waals surface area contributed by atoms with E-state index in [1.54, 1.807) is 18.2 Å². The number of sulfonamides is 1. The van der Waals surface area contributed by atoms with Crippen molar-refractivity contribution in [2.45, 2.75) is 57.4 Å². The van der Waals surface area contributed by atoms with Crippen LogP contribution in [0.4, 0.5) is 5.69 Å². The number of fused-ring (bicyclic) bond motifs is 1. The first kappa shape index (κ1) is 19.9. The number of hydrogen-bond acceptors (Lipinski definition) is 4. The third kappa shape index (κ3) is 5.52. The molecule has 0 spiro atoms. The van der Waals surface area contributed by atoms with Crippen LogP contribution >= 0.6 is 0 Å². The molecule has 1 aromatic carbocycles. The predicted octanol–water partition coefficient (Wildman–Crippen LogP) is 2.36. The molecule has 7 heteroatoms. The van der Waals surface area contributed by atoms with Gasteiger partial charge in [-0.15, -0.1) is 0 Å². The molecule has 1 amide bonds. The fourth-order valence-corrected chi connectivity index (χ4v) is 4.41. The number of carbonyl (C=O) groups excluding carboxylic acids is 1. The van der Waals surface area contributed by atoms with Crippen LogP contribution in [-0.2, 0) is 21.2 Å². The number of benzene rings is 1. The molecule has 0 radical (unpaired) electrons. The smallest absolute Gasteiger partial charge is 0.240 e. The number of anilines is 1. The first-order valence-corrected chi connectivity index (χ1v) is 10.5. The van der Waals surface area contributed by atoms with Crippen molar-refractivity contribution in [1.29, 1.82) is 0 Å². The normalized spacial score (nSPS) is 15.8. The zero-order valence-corrected chi connectivity index (χ0v) is 16.2. The molecule has 140 valence electrons. The number of nitrogens with one attached hydrogen (secondary N) is 2. The Balaban J connectivity index is 1.96. The summed E-state index contributed by atoms with van der Waals surface area (Å²) in [4.78, 5) is 14.0. The average molecular weight is 368 g/mol. The fraction of sp³-hybridized carbons (Fsp3) is 0.611. The summed E-state index contributed by atoms with van der Waals surface area (Å²) in [5.74, 6) is -0.0249. The minimum Gasteiger partial charge on any atom is -0.326 e. The van der Waals surface area contributed by atoms with Crippen LogP contribution in [0.5, 0.6) is 0 Å². The third-order valence-corrected chi connectivity index (χ3v) is 6.23. The minimum atomic E-state index is -3.54. The van der Waals surface area contributed by atoms with Crippen molar-refractivity contribution >= 4 is 21.6 Å². The van der Waals surface area contributed by atoms with Crippen molar-refractivity contribution in [3.63, 3.8) is 0 Å². The zero-order chi connectivity index (χ0) is 18.4. The molecule has 1 heterocycles. The van der Waals surface area contributed by atoms with E-state index in [-0.39, 0.29) is 16.8 Å². The molecule has 2 N–H and O–H groups in total. The molecule has 1 atom stereocenters. The lowest BCUT2D eigenvalue weighted by Gasteiger charge is -2.20. The second-order valence-electron chi connectivity index (χ2n) is 6.56. The summed E-state index contributed by atoms with van der Waals surface area (Å²) in [6.07, 6.45) is 2.73. The van der Waals surface area contributed by atoms with Gasteiger partial charge in [0, 0.05) is 18.2 Å². The molecule has 1 aliphatic heterocycles. The maximum atomic E-state index is 12.6. The maximum absolute atomic E-state index is 12.6. The molecule has 1 aliphatic rings. The van der Waals surface area contributed by atoms with E-state index in [2.05, 4.69) is 28.8 Å². The van der Waals surface area contributed by atoms with Gasteiger partial charge in [-0.3, -0.25) is 4.79 Å². The van der Waals surface area contributed by atoms with Gasteiger partial charge in [0.1, 0.15) is 0 Å². The zero-order valence-electron chi connectivity index (χ0n) is 15.3. The van der Waals surface area contributed by atoms with Gasteiger partial charge in [-0.05, 0) is 69.6 Å². The van der Waals surface area contributed by atoms with Crippen molar-refractivity contribution < 1.29 is 13.2 Å². The number of rotatable bonds is 9. The van der Waals surface area contributed by atoms with Crippen LogP contribution < -0.4 is 10.0 Å². The van der Waals surface area contributed by atoms with Crippen LogP contribution in [0.2, 0.25) is 0 Å². The van der Waals surface area contributed by atoms with E-state index < -0.39 is 10.0 Å². The van der Waals surface area contributed by atoms with Gasteiger partial charge >= 0.3 is 0 Å². The number of nitrogens with zero attached hydrogens (tertiary/aromatic N) is 1. The van der Waals surface area contributed by atoms with Gasteiger partial charge in [0.05, 0.1) is 4.90 Å². The summed E-state index contributed by atoms with van der Waals surface area (Å²) in [7, 11) is -3.54. The van der Waals surface area contributed by atoms with Gasteiger partial charge in [0.25, 0.3) is 0 Å². The quantitative estimate of drug-likeness (QED) is 0.702. The third-order valence-electron chi connectivity index (χ3n) is 4.64. The number of hydrogen-bond donors (Lipinski definition) is 2. The molecule has 2 rings (SSSR count). The molecule has 0 saturated carbocycles. The molecule has 0 aliphatic carbocycles. The largest absolute Gasteiger partial charge is 0.326 e. The van der Waals surface area contributed by atoms with Gasteiger partial charge in [0.15, 0.2) is 0 Å². The number of aryl methyl sites for hydroxylation is 1. The van der Waals surface area contributed by atoms with E-state index in [4.69, 9.17) is 0 Å². The van der Waals surface area contributed by atoms with Gasteiger partial charge in [0.2, 0.25) is 15.9 Å². The molecule has 0 bridgehead atoms. The Kier molecular flexibility index (Phi) is 6.98. The summed E-state index contributed by atoms with van der Waals surface area (Å²) in [6, 6.07) is 4.78. The van der Waals surface area contributed by atoms with E-state index in [1.165, 1.54) is 0 Å². The van der Waals surface area contributed by atoms with E-state index in [9.17, 15) is 13.2 Å². The summed E-state index contributed by atoms with van der Waals surface area (Å²) >= 11 is 0. The summed E-state index contributed by atoms with van der Waals surface area (Å²) < 4.78 is 28.0. The summed E-state index contributed by atoms with van der Waals surface area (Å²) in [5, 5.41) is 2.77. The Bertz CT molecular complexity index is 700. The summed E-state index contributed by atoms with van der Waals surface area (Å²) in [6.45, 7) is 9.18. The van der Waals surface area contributed by atoms with Crippen LogP contribution in [0.1, 0.15) is 45.6 Å². The lowest BCUT2D eigenvalue weighted by molar-refractivity contribution is -0.116. The molecule has 25 heavy (non-hydrogen) atoms. The molecular weight excluding hydrogens is 338 g/mol. The highest BCUT2D eigenvalue weighted by Crippen LogP contribution is 2.25. The maximum Gasteiger partial charge on any atom is 0.240 e. The van der Waals surface area contributed by atoms with Crippen LogP contribution in [0.15, 0.2) is 23.1 Å². The molecule has 0 fully saturated rings. The molecule has 0 aromatic heterocycles. The second-order valence-corrected chi connectivity index (χ2v) is 8.27. The van der Waals surface area contributed by atoms with Crippen molar-refractivity contribution in [1.82, 2.24) is 9.62 Å². The fourth-order valence-electron chi connectivity index (χ4n) is 3.08. The Labute approximate surface area is 151 Å². The Morgan fingerprint density at radius 1 is 1.24 bits per heavy atom. The first-order valence-electron chi connectivity index (χ1n) is 9.03. The SMILES string of the molecule is CCN(CC)CCC[C@H](C)NS(=O)(=O)c1ccc2c(c1)CCC(=O)N2. The highest BCUT2D eigenvalue weighted by molar-refractivity contribution is 7.89. The van der Waals surface area contributed by atoms with Crippen LogP contribution in [0.25, 0.3) is 0 Å². The van der Waals surface area contributed by atoms with E-state index in [0.717, 1.165) is 38.0 Å². The van der Waals surface area contributed by atoms with Crippen LogP contribution in [0, 0.1) is 0 Å². The van der Waals surface area contributed by atoms with E-state index >= 15 is 0 Å². The molecular formula is C18H29N3O3S. The van der Waals surface area contributed by atoms with Gasteiger partial charge in [-0.25, -0.2) is 13.1 Å². The molecule has 1 aromatic rings. The average Bonchev–Trinajstić information content (AvgIpc) is 2.57. The lowest BCUT2D eigenvalue weighted by Crippen LogP contribution is -2.34. The summed E-state index contributed by atoms with van der Waals surface area (Å²) in [5.41, 5.74) is 1.58. The van der Waals surface area contributed by atoms with Crippen LogP contribution in [0.3, 0.4) is 0 Å². The minimum absolute atomic E-state index is 0.0249. The molecule has 0 saturated heterocycles. The number of amides is 1. The Morgan fingerprint density at radius 3 is 2.64 bits per heavy atom. The van der Waals surface area contributed by atoms with E-state index in [0.29, 0.717) is 18.5 Å². The van der Waals surface area contributed by atoms with Crippen molar-refractivity contribution in [3.8, 4) is 0 Å². The van der Waals surface area contributed by atoms with Gasteiger partial charge in [-0.1, -0.05) is 13.8 Å². The molecule has 6 nitrogen and oxygen atoms in total. The predicted molar refractivity (Wildman–Crippen MR) is 100 cm³/mol. The Hall–Kier alpha value is -1.44. The van der Waals surface area contributed by atoms with Crippen molar-refractivity contribution in [3.05, 3.63) is 23.8 Å². The van der Waals surface area contributed by atoms with Crippen molar-refractivity contribution in [2.75, 3.05) is 25.0 Å². The topological polar surface area (TPSA) is 78.5 Å². The van der Waals surface area contributed by atoms with Crippen LogP contribution in [-0.4, -0.2) is 44.9 Å². The standard InChI is InChI=1S/C18H29N3O3S/c1-4-21(5-2)12-6-7-14(3)20-25(23,24)16-9-10-17-15(13-16)8-11-18(22)19-17/h9-10,13-14,20H,4-8,11-12H2,1-3H3,(H,19,22)/t14-/m0/s1. The second kappa shape index (κ2) is 8.78.